The summed E-state index contributed by atoms with van der Waals surface area (Å²) in [5.41, 5.74) is 7.82. The number of fused-ring (bicyclic) bond motifs is 1. The molecule has 152 valence electrons. The molecule has 3 N–H and O–H groups in total. The summed E-state index contributed by atoms with van der Waals surface area (Å²) in [6.07, 6.45) is 3.97. The Labute approximate surface area is 168 Å². The minimum absolute atomic E-state index is 0. The Bertz CT molecular complexity index is 1000. The normalized spacial score (nSPS) is 21.8. The van der Waals surface area contributed by atoms with Crippen LogP contribution in [0.25, 0.3) is 5.52 Å². The van der Waals surface area contributed by atoms with Crippen molar-refractivity contribution in [3.63, 3.8) is 0 Å². The summed E-state index contributed by atoms with van der Waals surface area (Å²) < 4.78 is 16.2. The van der Waals surface area contributed by atoms with E-state index in [1.807, 2.05) is 11.8 Å². The smallest absolute Gasteiger partial charge is 0.341 e. The number of pyridine rings is 2. The lowest BCUT2D eigenvalue weighted by molar-refractivity contribution is 0.0694. The van der Waals surface area contributed by atoms with Crippen LogP contribution in [0.5, 0.6) is 0 Å². The van der Waals surface area contributed by atoms with Crippen molar-refractivity contribution in [1.29, 1.82) is 0 Å². The van der Waals surface area contributed by atoms with Gasteiger partial charge in [0.05, 0.1) is 17.4 Å². The Morgan fingerprint density at radius 2 is 2.04 bits per heavy atom. The van der Waals surface area contributed by atoms with Gasteiger partial charge in [0.2, 0.25) is 0 Å². The third kappa shape index (κ3) is 3.16. The van der Waals surface area contributed by atoms with E-state index < -0.39 is 17.3 Å². The van der Waals surface area contributed by atoms with Gasteiger partial charge in [-0.3, -0.25) is 9.20 Å². The Hall–Kier alpha value is -2.12. The molecule has 2 aliphatic rings. The predicted octanol–water partition coefficient (Wildman–Crippen LogP) is 2.92. The first-order valence-electron chi connectivity index (χ1n) is 9.45. The van der Waals surface area contributed by atoms with Crippen molar-refractivity contribution >= 4 is 29.6 Å². The average Bonchev–Trinajstić information content (AvgIpc) is 3.38. The molecular formula is C20H25ClFN3O3. The van der Waals surface area contributed by atoms with Crippen LogP contribution >= 0.6 is 12.4 Å². The Morgan fingerprint density at radius 1 is 1.36 bits per heavy atom. The van der Waals surface area contributed by atoms with Gasteiger partial charge in [0, 0.05) is 19.1 Å². The summed E-state index contributed by atoms with van der Waals surface area (Å²) in [4.78, 5) is 26.1. The molecule has 2 aromatic heterocycles. The highest BCUT2D eigenvalue weighted by molar-refractivity contribution is 5.89. The zero-order valence-corrected chi connectivity index (χ0v) is 16.8. The summed E-state index contributed by atoms with van der Waals surface area (Å²) in [5, 5.41) is 9.37. The van der Waals surface area contributed by atoms with Gasteiger partial charge in [0.15, 0.2) is 5.82 Å². The van der Waals surface area contributed by atoms with Crippen LogP contribution in [0.1, 0.15) is 53.6 Å². The standard InChI is InChI=1S/C20H24FN3O3.ClH/c1-3-11-7-23(9-16(11)22)18-10(2)17-13(12-4-5-12)6-14(20(26)27)19(25)24(17)8-15(18)21;/h6,8,11-12,16H,3-5,7,9,22H2,1-2H3,(H,26,27);1H/t11-,16+;/m1./s1. The first kappa shape index (κ1) is 20.6. The monoisotopic (exact) mass is 409 g/mol. The zero-order valence-electron chi connectivity index (χ0n) is 15.9. The van der Waals surface area contributed by atoms with Crippen LogP contribution in [0, 0.1) is 18.7 Å². The van der Waals surface area contributed by atoms with Crippen molar-refractivity contribution in [2.75, 3.05) is 18.0 Å². The minimum atomic E-state index is -1.28. The van der Waals surface area contributed by atoms with E-state index in [2.05, 4.69) is 6.92 Å². The molecule has 0 spiro atoms. The van der Waals surface area contributed by atoms with Crippen LogP contribution in [0.3, 0.4) is 0 Å². The van der Waals surface area contributed by atoms with Crippen molar-refractivity contribution in [2.24, 2.45) is 11.7 Å². The van der Waals surface area contributed by atoms with Crippen LogP contribution < -0.4 is 16.2 Å². The molecule has 2 atom stereocenters. The lowest BCUT2D eigenvalue weighted by Crippen LogP contribution is -2.30. The van der Waals surface area contributed by atoms with Gasteiger partial charge in [0.25, 0.3) is 5.56 Å². The number of hydrogen-bond donors (Lipinski definition) is 2. The predicted molar refractivity (Wildman–Crippen MR) is 109 cm³/mol. The number of nitrogens with two attached hydrogens (primary N) is 1. The van der Waals surface area contributed by atoms with Crippen LogP contribution in [-0.2, 0) is 0 Å². The minimum Gasteiger partial charge on any atom is -0.477 e. The molecule has 2 aromatic rings. The highest BCUT2D eigenvalue weighted by Crippen LogP contribution is 2.44. The van der Waals surface area contributed by atoms with Gasteiger partial charge in [-0.2, -0.15) is 0 Å². The van der Waals surface area contributed by atoms with E-state index in [1.165, 1.54) is 10.5 Å². The summed E-state index contributed by atoms with van der Waals surface area (Å²) >= 11 is 0. The van der Waals surface area contributed by atoms with Gasteiger partial charge in [-0.1, -0.05) is 13.3 Å². The number of aromatic carboxylic acids is 1. The molecule has 1 aliphatic carbocycles. The van der Waals surface area contributed by atoms with Crippen LogP contribution in [0.2, 0.25) is 0 Å². The molecule has 6 nitrogen and oxygen atoms in total. The van der Waals surface area contributed by atoms with E-state index in [9.17, 15) is 14.7 Å². The molecule has 3 heterocycles. The number of halogens is 2. The second-order valence-electron chi connectivity index (χ2n) is 7.80. The number of rotatable bonds is 4. The van der Waals surface area contributed by atoms with E-state index in [0.29, 0.717) is 35.8 Å². The maximum absolute atomic E-state index is 15.1. The lowest BCUT2D eigenvalue weighted by Gasteiger charge is -2.24. The van der Waals surface area contributed by atoms with Crippen LogP contribution in [0.4, 0.5) is 10.1 Å². The maximum Gasteiger partial charge on any atom is 0.341 e. The molecule has 1 saturated heterocycles. The van der Waals surface area contributed by atoms with Gasteiger partial charge in [0.1, 0.15) is 5.56 Å². The third-order valence-electron chi connectivity index (χ3n) is 6.02. The van der Waals surface area contributed by atoms with Gasteiger partial charge in [-0.15, -0.1) is 12.4 Å². The number of hydrogen-bond acceptors (Lipinski definition) is 4. The maximum atomic E-state index is 15.1. The summed E-state index contributed by atoms with van der Waals surface area (Å²) in [6.45, 7) is 5.14. The average molecular weight is 410 g/mol. The van der Waals surface area contributed by atoms with E-state index in [0.717, 1.165) is 31.0 Å². The topological polar surface area (TPSA) is 88.0 Å². The van der Waals surface area contributed by atoms with Crippen LogP contribution in [0.15, 0.2) is 17.1 Å². The number of anilines is 1. The number of aromatic nitrogens is 1. The Balaban J connectivity index is 0.00000225. The van der Waals surface area contributed by atoms with E-state index in [4.69, 9.17) is 5.73 Å². The van der Waals surface area contributed by atoms with Crippen molar-refractivity contribution in [1.82, 2.24) is 4.40 Å². The second-order valence-corrected chi connectivity index (χ2v) is 7.80. The Morgan fingerprint density at radius 3 is 2.57 bits per heavy atom. The molecular weight excluding hydrogens is 385 g/mol. The van der Waals surface area contributed by atoms with E-state index in [1.54, 1.807) is 0 Å². The number of nitrogens with zero attached hydrogens (tertiary/aromatic N) is 2. The molecule has 0 radical (unpaired) electrons. The third-order valence-corrected chi connectivity index (χ3v) is 6.02. The number of carbonyl (C=O) groups is 1. The summed E-state index contributed by atoms with van der Waals surface area (Å²) in [6, 6.07) is 1.47. The van der Waals surface area contributed by atoms with Gasteiger partial charge in [-0.25, -0.2) is 9.18 Å². The van der Waals surface area contributed by atoms with E-state index >= 15 is 4.39 Å². The Kier molecular flexibility index (Phi) is 5.42. The SMILES string of the molecule is CC[C@@H]1CN(c2c(F)cn3c(=O)c(C(=O)O)cc(C4CC4)c3c2C)C[C@@H]1N.Cl. The fraction of sp³-hybridized carbons (Fsp3) is 0.500. The van der Waals surface area contributed by atoms with Crippen LogP contribution in [-0.4, -0.2) is 34.6 Å². The summed E-state index contributed by atoms with van der Waals surface area (Å²) in [5.74, 6) is -1.27. The second kappa shape index (κ2) is 7.37. The molecule has 8 heteroatoms. The number of aryl methyl sites for hydroxylation is 1. The number of carboxylic acids is 1. The first-order chi connectivity index (χ1) is 12.8. The van der Waals surface area contributed by atoms with Gasteiger partial charge < -0.3 is 15.7 Å². The lowest BCUT2D eigenvalue weighted by atomic mass is 10.0. The summed E-state index contributed by atoms with van der Waals surface area (Å²) in [7, 11) is 0. The van der Waals surface area contributed by atoms with Gasteiger partial charge in [-0.05, 0) is 48.8 Å². The number of carboxylic acid groups (broad SMARTS) is 1. The largest absolute Gasteiger partial charge is 0.477 e. The molecule has 4 rings (SSSR count). The first-order valence-corrected chi connectivity index (χ1v) is 9.45. The van der Waals surface area contributed by atoms with Crippen molar-refractivity contribution in [3.05, 3.63) is 45.1 Å². The fourth-order valence-electron chi connectivity index (χ4n) is 4.40. The highest BCUT2D eigenvalue weighted by Gasteiger charge is 2.34. The fourth-order valence-corrected chi connectivity index (χ4v) is 4.40. The molecule has 2 fully saturated rings. The van der Waals surface area contributed by atoms with E-state index in [-0.39, 0.29) is 29.9 Å². The highest BCUT2D eigenvalue weighted by atomic mass is 35.5. The molecule has 0 bridgehead atoms. The quantitative estimate of drug-likeness (QED) is 0.810. The molecule has 28 heavy (non-hydrogen) atoms. The van der Waals surface area contributed by atoms with Crippen molar-refractivity contribution in [3.8, 4) is 0 Å². The molecule has 0 amide bonds. The zero-order chi connectivity index (χ0) is 19.5. The molecule has 1 saturated carbocycles. The van der Waals surface area contributed by atoms with Gasteiger partial charge >= 0.3 is 5.97 Å². The van der Waals surface area contributed by atoms with Crippen molar-refractivity contribution < 1.29 is 14.3 Å². The molecule has 0 unspecified atom stereocenters. The molecule has 1 aliphatic heterocycles. The molecule has 0 aromatic carbocycles. The van der Waals surface area contributed by atoms with Crippen molar-refractivity contribution in [2.45, 2.75) is 45.1 Å².